The summed E-state index contributed by atoms with van der Waals surface area (Å²) in [5, 5.41) is -0.397. The highest BCUT2D eigenvalue weighted by atomic mass is 35.5. The fourth-order valence-corrected chi connectivity index (χ4v) is 4.91. The molecule has 0 saturated carbocycles. The first kappa shape index (κ1) is 23.0. The van der Waals surface area contributed by atoms with Gasteiger partial charge in [-0.15, -0.1) is 0 Å². The minimum absolute atomic E-state index is 0.255. The van der Waals surface area contributed by atoms with Gasteiger partial charge in [-0.3, -0.25) is 14.2 Å². The molecule has 0 atom stereocenters. The van der Waals surface area contributed by atoms with Crippen molar-refractivity contribution in [3.8, 4) is 5.69 Å². The van der Waals surface area contributed by atoms with Crippen LogP contribution in [0.3, 0.4) is 0 Å². The Balaban J connectivity index is 2.18. The second-order valence-electron chi connectivity index (χ2n) is 7.14. The number of aromatic nitrogens is 2. The molecular weight excluding hydrogens is 455 g/mol. The summed E-state index contributed by atoms with van der Waals surface area (Å²) >= 11 is 5.90. The fourth-order valence-electron chi connectivity index (χ4n) is 3.31. The number of nitrogens with one attached hydrogen (secondary N) is 1. The Labute approximate surface area is 181 Å². The van der Waals surface area contributed by atoms with Crippen LogP contribution < -0.4 is 10.3 Å². The summed E-state index contributed by atoms with van der Waals surface area (Å²) in [5.74, 6) is -0.280. The number of halogens is 4. The van der Waals surface area contributed by atoms with Crippen LogP contribution in [0.4, 0.5) is 18.9 Å². The van der Waals surface area contributed by atoms with Crippen molar-refractivity contribution in [2.24, 2.45) is 7.05 Å². The third kappa shape index (κ3) is 4.35. The Morgan fingerprint density at radius 3 is 2.23 bits per heavy atom. The van der Waals surface area contributed by atoms with Crippen LogP contribution in [-0.4, -0.2) is 17.8 Å². The van der Waals surface area contributed by atoms with E-state index < -0.39 is 37.2 Å². The lowest BCUT2D eigenvalue weighted by Gasteiger charge is -2.14. The molecule has 0 radical (unpaired) electrons. The normalized spacial score (nSPS) is 12.4. The van der Waals surface area contributed by atoms with E-state index in [2.05, 4.69) is 4.72 Å². The number of para-hydroxylation sites is 1. The summed E-state index contributed by atoms with van der Waals surface area (Å²) in [4.78, 5) is 12.4. The second kappa shape index (κ2) is 8.08. The molecule has 166 valence electrons. The molecule has 11 heteroatoms. The van der Waals surface area contributed by atoms with Gasteiger partial charge in [0.1, 0.15) is 10.6 Å². The zero-order chi connectivity index (χ0) is 23.1. The van der Waals surface area contributed by atoms with E-state index in [-0.39, 0.29) is 11.6 Å². The zero-order valence-corrected chi connectivity index (χ0v) is 18.3. The number of hydrogen-bond donors (Lipinski definition) is 1. The molecule has 3 aromatic rings. The molecule has 6 nitrogen and oxygen atoms in total. The van der Waals surface area contributed by atoms with Gasteiger partial charge in [-0.25, -0.2) is 13.1 Å². The van der Waals surface area contributed by atoms with E-state index in [9.17, 15) is 26.4 Å². The standard InChI is InChI=1S/C20H19ClF3N3O3S/c1-12(2)18-17(19(28)27(26(18)3)14-7-5-4-6-8-14)25-31(29,30)16-11-13(20(22,23)24)9-10-15(16)21/h4-12,25H,1-3H3. The summed E-state index contributed by atoms with van der Waals surface area (Å²) < 4.78 is 70.1. The molecule has 0 aliphatic heterocycles. The first-order chi connectivity index (χ1) is 14.3. The molecular formula is C20H19ClF3N3O3S. The minimum atomic E-state index is -4.76. The summed E-state index contributed by atoms with van der Waals surface area (Å²) in [6.07, 6.45) is -4.76. The van der Waals surface area contributed by atoms with E-state index in [1.807, 2.05) is 0 Å². The zero-order valence-electron chi connectivity index (χ0n) is 16.7. The quantitative estimate of drug-likeness (QED) is 0.580. The lowest BCUT2D eigenvalue weighted by atomic mass is 10.1. The smallest absolute Gasteiger partial charge is 0.283 e. The highest BCUT2D eigenvalue weighted by Crippen LogP contribution is 2.34. The summed E-state index contributed by atoms with van der Waals surface area (Å²) in [6, 6.07) is 10.5. The van der Waals surface area contributed by atoms with Crippen molar-refractivity contribution in [2.45, 2.75) is 30.8 Å². The Bertz CT molecular complexity index is 1280. The van der Waals surface area contributed by atoms with Gasteiger partial charge in [0.2, 0.25) is 0 Å². The predicted octanol–water partition coefficient (Wildman–Crippen LogP) is 4.77. The van der Waals surface area contributed by atoms with Crippen LogP contribution in [0.5, 0.6) is 0 Å². The molecule has 0 saturated heterocycles. The third-order valence-electron chi connectivity index (χ3n) is 4.64. The molecule has 31 heavy (non-hydrogen) atoms. The van der Waals surface area contributed by atoms with Crippen LogP contribution >= 0.6 is 11.6 Å². The number of hydrogen-bond acceptors (Lipinski definition) is 3. The monoisotopic (exact) mass is 473 g/mol. The van der Waals surface area contributed by atoms with Crippen molar-refractivity contribution >= 4 is 27.3 Å². The van der Waals surface area contributed by atoms with E-state index in [1.54, 1.807) is 51.2 Å². The van der Waals surface area contributed by atoms with Gasteiger partial charge in [-0.1, -0.05) is 43.6 Å². The maximum atomic E-state index is 13.1. The Morgan fingerprint density at radius 2 is 1.68 bits per heavy atom. The van der Waals surface area contributed by atoms with Gasteiger partial charge < -0.3 is 0 Å². The van der Waals surface area contributed by atoms with E-state index in [4.69, 9.17) is 11.6 Å². The number of rotatable bonds is 5. The van der Waals surface area contributed by atoms with Crippen LogP contribution in [0.15, 0.2) is 58.2 Å². The molecule has 3 rings (SSSR count). The molecule has 0 fully saturated rings. The van der Waals surface area contributed by atoms with Gasteiger partial charge in [0.15, 0.2) is 0 Å². The number of nitrogens with zero attached hydrogens (tertiary/aromatic N) is 2. The van der Waals surface area contributed by atoms with Gasteiger partial charge >= 0.3 is 6.18 Å². The van der Waals surface area contributed by atoms with E-state index >= 15 is 0 Å². The largest absolute Gasteiger partial charge is 0.416 e. The highest BCUT2D eigenvalue weighted by Gasteiger charge is 2.33. The summed E-state index contributed by atoms with van der Waals surface area (Å²) in [7, 11) is -3.00. The summed E-state index contributed by atoms with van der Waals surface area (Å²) in [5.41, 5.74) is -1.23. The van der Waals surface area contributed by atoms with E-state index in [0.29, 0.717) is 23.5 Å². The van der Waals surface area contributed by atoms with Crippen LogP contribution in [0.25, 0.3) is 5.69 Å². The number of benzene rings is 2. The van der Waals surface area contributed by atoms with Gasteiger partial charge in [0, 0.05) is 7.05 Å². The first-order valence-corrected chi connectivity index (χ1v) is 11.0. The molecule has 0 bridgehead atoms. The average Bonchev–Trinajstić information content (AvgIpc) is 2.91. The maximum absolute atomic E-state index is 13.1. The molecule has 1 N–H and O–H groups in total. The third-order valence-corrected chi connectivity index (χ3v) is 6.47. The molecule has 0 aliphatic rings. The lowest BCUT2D eigenvalue weighted by Crippen LogP contribution is -2.23. The van der Waals surface area contributed by atoms with Crippen LogP contribution in [-0.2, 0) is 23.2 Å². The highest BCUT2D eigenvalue weighted by molar-refractivity contribution is 7.92. The van der Waals surface area contributed by atoms with Gasteiger partial charge in [0.05, 0.1) is 22.0 Å². The average molecular weight is 474 g/mol. The van der Waals surface area contributed by atoms with Gasteiger partial charge in [0.25, 0.3) is 15.6 Å². The van der Waals surface area contributed by atoms with Crippen molar-refractivity contribution in [1.82, 2.24) is 9.36 Å². The Morgan fingerprint density at radius 1 is 1.06 bits per heavy atom. The van der Waals surface area contributed by atoms with Crippen LogP contribution in [0.1, 0.15) is 31.0 Å². The molecule has 1 heterocycles. The van der Waals surface area contributed by atoms with Crippen LogP contribution in [0, 0.1) is 0 Å². The number of sulfonamides is 1. The van der Waals surface area contributed by atoms with Gasteiger partial charge in [-0.05, 0) is 36.2 Å². The van der Waals surface area contributed by atoms with Gasteiger partial charge in [-0.2, -0.15) is 13.2 Å². The fraction of sp³-hybridized carbons (Fsp3) is 0.250. The maximum Gasteiger partial charge on any atom is 0.416 e. The number of alkyl halides is 3. The van der Waals surface area contributed by atoms with Crippen LogP contribution in [0.2, 0.25) is 5.02 Å². The van der Waals surface area contributed by atoms with Crippen molar-refractivity contribution in [1.29, 1.82) is 0 Å². The molecule has 0 unspecified atom stereocenters. The van der Waals surface area contributed by atoms with Crippen molar-refractivity contribution in [3.05, 3.63) is 75.2 Å². The van der Waals surface area contributed by atoms with E-state index in [1.165, 1.54) is 9.36 Å². The van der Waals surface area contributed by atoms with E-state index in [0.717, 1.165) is 6.07 Å². The SMILES string of the molecule is CC(C)c1c(NS(=O)(=O)c2cc(C(F)(F)F)ccc2Cl)c(=O)n(-c2ccccc2)n1C. The summed E-state index contributed by atoms with van der Waals surface area (Å²) in [6.45, 7) is 3.53. The second-order valence-corrected chi connectivity index (χ2v) is 9.20. The topological polar surface area (TPSA) is 73.1 Å². The molecule has 0 spiro atoms. The van der Waals surface area contributed by atoms with Crippen molar-refractivity contribution in [2.75, 3.05) is 4.72 Å². The molecule has 2 aromatic carbocycles. The van der Waals surface area contributed by atoms with Crippen molar-refractivity contribution < 1.29 is 21.6 Å². The molecule has 0 amide bonds. The lowest BCUT2D eigenvalue weighted by molar-refractivity contribution is -0.137. The minimum Gasteiger partial charge on any atom is -0.283 e. The Kier molecular flexibility index (Phi) is 5.98. The Hall–Kier alpha value is -2.72. The predicted molar refractivity (Wildman–Crippen MR) is 112 cm³/mol. The molecule has 0 aliphatic carbocycles. The first-order valence-electron chi connectivity index (χ1n) is 9.11. The molecule has 1 aromatic heterocycles. The van der Waals surface area contributed by atoms with Crippen molar-refractivity contribution in [3.63, 3.8) is 0 Å². The number of anilines is 1.